The number of carbonyl (C=O) groups is 3. The molecule has 2 amide bonds. The zero-order chi connectivity index (χ0) is 28.5. The predicted molar refractivity (Wildman–Crippen MR) is 144 cm³/mol. The summed E-state index contributed by atoms with van der Waals surface area (Å²) in [7, 11) is 2.54. The molecule has 0 saturated carbocycles. The first-order chi connectivity index (χ1) is 19.4. The van der Waals surface area contributed by atoms with Gasteiger partial charge in [0.25, 0.3) is 0 Å². The molecule has 2 aromatic carbocycles. The summed E-state index contributed by atoms with van der Waals surface area (Å²) in [6.45, 7) is 0. The van der Waals surface area contributed by atoms with Crippen LogP contribution >= 0.6 is 11.6 Å². The molecule has 14 heteroatoms. The number of tetrazole rings is 1. The van der Waals surface area contributed by atoms with Gasteiger partial charge in [-0.3, -0.25) is 14.9 Å². The van der Waals surface area contributed by atoms with E-state index in [1.54, 1.807) is 54.6 Å². The molecule has 0 saturated heterocycles. The number of benzene rings is 2. The summed E-state index contributed by atoms with van der Waals surface area (Å²) in [4.78, 5) is 36.5. The highest BCUT2D eigenvalue weighted by molar-refractivity contribution is 6.30. The zero-order valence-electron chi connectivity index (χ0n) is 21.3. The van der Waals surface area contributed by atoms with Crippen molar-refractivity contribution in [3.8, 4) is 16.9 Å². The summed E-state index contributed by atoms with van der Waals surface area (Å²) in [6, 6.07) is 12.8. The molecule has 4 rings (SSSR count). The van der Waals surface area contributed by atoms with Crippen LogP contribution in [0.15, 0.2) is 67.1 Å². The maximum absolute atomic E-state index is 12.9. The minimum atomic E-state index is -0.766. The molecule has 2 heterocycles. The molecule has 0 radical (unpaired) electrons. The second-order valence-corrected chi connectivity index (χ2v) is 8.64. The molecule has 40 heavy (non-hydrogen) atoms. The first-order valence-electron chi connectivity index (χ1n) is 11.7. The van der Waals surface area contributed by atoms with Crippen LogP contribution in [0.1, 0.15) is 23.6 Å². The van der Waals surface area contributed by atoms with Crippen molar-refractivity contribution in [3.05, 3.63) is 83.3 Å². The van der Waals surface area contributed by atoms with Gasteiger partial charge >= 0.3 is 12.1 Å². The minimum absolute atomic E-state index is 0.143. The van der Waals surface area contributed by atoms with Gasteiger partial charge in [0.05, 0.1) is 44.3 Å². The van der Waals surface area contributed by atoms with Gasteiger partial charge in [0.2, 0.25) is 5.91 Å². The lowest BCUT2D eigenvalue weighted by Gasteiger charge is -2.17. The van der Waals surface area contributed by atoms with Gasteiger partial charge in [0.15, 0.2) is 0 Å². The van der Waals surface area contributed by atoms with E-state index < -0.39 is 24.0 Å². The van der Waals surface area contributed by atoms with Crippen LogP contribution in [0.25, 0.3) is 23.0 Å². The molecule has 204 valence electrons. The van der Waals surface area contributed by atoms with E-state index in [0.717, 1.165) is 0 Å². The van der Waals surface area contributed by atoms with Crippen LogP contribution in [0, 0.1) is 0 Å². The second kappa shape index (κ2) is 13.1. The summed E-state index contributed by atoms with van der Waals surface area (Å²) in [5, 5.41) is 25.2. The number of amides is 2. The number of carbonyl (C=O) groups excluding carboxylic acids is 3. The van der Waals surface area contributed by atoms with Crippen LogP contribution in [-0.2, 0) is 19.1 Å². The molecule has 13 nitrogen and oxygen atoms in total. The molecule has 0 bridgehead atoms. The van der Waals surface area contributed by atoms with Crippen molar-refractivity contribution in [2.75, 3.05) is 19.5 Å². The average Bonchev–Trinajstić information content (AvgIpc) is 3.51. The Labute approximate surface area is 233 Å². The normalized spacial score (nSPS) is 11.6. The number of hydrogen-bond acceptors (Lipinski definition) is 10. The largest absolute Gasteiger partial charge is 0.469 e. The van der Waals surface area contributed by atoms with E-state index in [9.17, 15) is 14.4 Å². The molecule has 1 atom stereocenters. The van der Waals surface area contributed by atoms with Crippen LogP contribution in [-0.4, -0.2) is 62.6 Å². The fourth-order valence-corrected chi connectivity index (χ4v) is 3.81. The maximum Gasteiger partial charge on any atom is 0.411 e. The van der Waals surface area contributed by atoms with Crippen molar-refractivity contribution >= 4 is 41.3 Å². The first kappa shape index (κ1) is 27.9. The zero-order valence-corrected chi connectivity index (χ0v) is 22.1. The Bertz CT molecular complexity index is 1530. The van der Waals surface area contributed by atoms with Gasteiger partial charge in [0, 0.05) is 27.9 Å². The SMILES string of the molecule is COC(=O)CC(NC(=O)C=Cc1cc(Cl)ccc1-n1cnnn1)c1cnnc(-c2ccc(NC(=O)OC)cc2)c1. The maximum atomic E-state index is 12.9. The highest BCUT2D eigenvalue weighted by atomic mass is 35.5. The van der Waals surface area contributed by atoms with E-state index in [2.05, 4.69) is 41.1 Å². The average molecular weight is 563 g/mol. The number of esters is 1. The summed E-state index contributed by atoms with van der Waals surface area (Å²) < 4.78 is 10.9. The highest BCUT2D eigenvalue weighted by Gasteiger charge is 2.20. The summed E-state index contributed by atoms with van der Waals surface area (Å²) in [5.74, 6) is -1.00. The van der Waals surface area contributed by atoms with Crippen molar-refractivity contribution in [1.29, 1.82) is 0 Å². The van der Waals surface area contributed by atoms with E-state index >= 15 is 0 Å². The number of nitrogens with zero attached hydrogens (tertiary/aromatic N) is 6. The highest BCUT2D eigenvalue weighted by Crippen LogP contribution is 2.24. The van der Waals surface area contributed by atoms with E-state index in [-0.39, 0.29) is 6.42 Å². The van der Waals surface area contributed by atoms with E-state index in [1.165, 1.54) is 37.5 Å². The third-order valence-electron chi connectivity index (χ3n) is 5.61. The molecule has 2 aromatic heterocycles. The number of halogens is 1. The van der Waals surface area contributed by atoms with Crippen LogP contribution in [0.5, 0.6) is 0 Å². The standard InChI is InChI=1S/C26H23ClN8O5/c1-39-25(37)13-21(18-12-22(32-28-14-18)16-3-7-20(8-4-16)30-26(38)40-2)31-24(36)10-5-17-11-19(27)6-9-23(17)35-15-29-33-34-35/h3-12,14-15,21H,13H2,1-2H3,(H,30,38)(H,31,36). The van der Waals surface area contributed by atoms with Gasteiger partial charge in [-0.05, 0) is 58.5 Å². The number of hydrogen-bond donors (Lipinski definition) is 2. The van der Waals surface area contributed by atoms with Gasteiger partial charge in [-0.15, -0.1) is 5.10 Å². The van der Waals surface area contributed by atoms with Gasteiger partial charge < -0.3 is 14.8 Å². The second-order valence-electron chi connectivity index (χ2n) is 8.20. The number of anilines is 1. The summed E-state index contributed by atoms with van der Waals surface area (Å²) >= 11 is 6.15. The number of nitrogens with one attached hydrogen (secondary N) is 2. The molecule has 0 aliphatic carbocycles. The fourth-order valence-electron chi connectivity index (χ4n) is 3.63. The first-order valence-corrected chi connectivity index (χ1v) is 12.1. The van der Waals surface area contributed by atoms with Crippen molar-refractivity contribution in [1.82, 2.24) is 35.7 Å². The predicted octanol–water partition coefficient (Wildman–Crippen LogP) is 3.38. The smallest absolute Gasteiger partial charge is 0.411 e. The third kappa shape index (κ3) is 7.23. The van der Waals surface area contributed by atoms with Crippen molar-refractivity contribution < 1.29 is 23.9 Å². The Morgan fingerprint density at radius 1 is 1.05 bits per heavy atom. The molecule has 2 N–H and O–H groups in total. The molecule has 0 aliphatic heterocycles. The fraction of sp³-hybridized carbons (Fsp3) is 0.154. The number of rotatable bonds is 9. The van der Waals surface area contributed by atoms with Crippen LogP contribution in [0.3, 0.4) is 0 Å². The Kier molecular flexibility index (Phi) is 9.10. The van der Waals surface area contributed by atoms with E-state index in [1.807, 2.05) is 0 Å². The Morgan fingerprint density at radius 2 is 1.85 bits per heavy atom. The quantitative estimate of drug-likeness (QED) is 0.228. The number of ether oxygens (including phenoxy) is 2. The van der Waals surface area contributed by atoms with Crippen molar-refractivity contribution in [2.45, 2.75) is 12.5 Å². The molecular weight excluding hydrogens is 540 g/mol. The molecule has 4 aromatic rings. The molecule has 0 aliphatic rings. The topological polar surface area (TPSA) is 163 Å². The third-order valence-corrected chi connectivity index (χ3v) is 5.84. The monoisotopic (exact) mass is 562 g/mol. The van der Waals surface area contributed by atoms with Crippen molar-refractivity contribution in [2.24, 2.45) is 0 Å². The Hall–Kier alpha value is -5.17. The summed E-state index contributed by atoms with van der Waals surface area (Å²) in [5.41, 5.74) is 3.46. The lowest BCUT2D eigenvalue weighted by Crippen LogP contribution is -2.29. The molecule has 1 unspecified atom stereocenters. The molecular formula is C26H23ClN8O5. The summed E-state index contributed by atoms with van der Waals surface area (Å²) in [6.07, 6.45) is 5.02. The van der Waals surface area contributed by atoms with Crippen LogP contribution in [0.2, 0.25) is 5.02 Å². The van der Waals surface area contributed by atoms with Gasteiger partial charge in [-0.1, -0.05) is 23.7 Å². The Balaban J connectivity index is 1.55. The number of aromatic nitrogens is 6. The lowest BCUT2D eigenvalue weighted by atomic mass is 10.0. The lowest BCUT2D eigenvalue weighted by molar-refractivity contribution is -0.141. The molecule has 0 spiro atoms. The van der Waals surface area contributed by atoms with Crippen molar-refractivity contribution in [3.63, 3.8) is 0 Å². The van der Waals surface area contributed by atoms with Gasteiger partial charge in [-0.2, -0.15) is 14.9 Å². The molecule has 0 fully saturated rings. The Morgan fingerprint density at radius 3 is 2.55 bits per heavy atom. The number of methoxy groups -OCH3 is 2. The minimum Gasteiger partial charge on any atom is -0.469 e. The van der Waals surface area contributed by atoms with Crippen LogP contribution < -0.4 is 10.6 Å². The van der Waals surface area contributed by atoms with Crippen LogP contribution in [0.4, 0.5) is 10.5 Å². The van der Waals surface area contributed by atoms with Gasteiger partial charge in [-0.25, -0.2) is 4.79 Å². The van der Waals surface area contributed by atoms with E-state index in [4.69, 9.17) is 16.3 Å². The van der Waals surface area contributed by atoms with Gasteiger partial charge in [0.1, 0.15) is 6.33 Å². The van der Waals surface area contributed by atoms with E-state index in [0.29, 0.717) is 38.8 Å².